The normalized spacial score (nSPS) is 12.6. The van der Waals surface area contributed by atoms with Gasteiger partial charge in [-0.3, -0.25) is 9.67 Å². The van der Waals surface area contributed by atoms with Crippen LogP contribution in [-0.2, 0) is 26.3 Å². The van der Waals surface area contributed by atoms with E-state index in [9.17, 15) is 0 Å². The minimum Gasteiger partial charge on any atom is -0.327 e. The highest BCUT2D eigenvalue weighted by atomic mass is 79.9. The van der Waals surface area contributed by atoms with Crippen molar-refractivity contribution in [3.05, 3.63) is 46.0 Å². The van der Waals surface area contributed by atoms with Crippen molar-refractivity contribution in [1.82, 2.24) is 14.8 Å². The molecule has 2 heterocycles. The largest absolute Gasteiger partial charge is 0.327 e. The summed E-state index contributed by atoms with van der Waals surface area (Å²) in [5.74, 6) is 0. The van der Waals surface area contributed by atoms with Crippen molar-refractivity contribution in [2.75, 3.05) is 0 Å². The third-order valence-corrected chi connectivity index (χ3v) is 4.07. The number of nitrogens with two attached hydrogens (primary N) is 1. The molecule has 102 valence electrons. The molecule has 0 aromatic carbocycles. The molecule has 2 rings (SSSR count). The van der Waals surface area contributed by atoms with Gasteiger partial charge in [0.25, 0.3) is 0 Å². The Bertz CT molecular complexity index is 536. The van der Waals surface area contributed by atoms with Gasteiger partial charge in [-0.1, -0.05) is 13.0 Å². The van der Waals surface area contributed by atoms with Gasteiger partial charge >= 0.3 is 0 Å². The Labute approximate surface area is 122 Å². The number of rotatable bonds is 5. The van der Waals surface area contributed by atoms with Gasteiger partial charge in [-0.25, -0.2) is 0 Å². The number of hydrogen-bond donors (Lipinski definition) is 1. The third-order valence-electron chi connectivity index (χ3n) is 3.16. The van der Waals surface area contributed by atoms with Crippen molar-refractivity contribution in [2.24, 2.45) is 12.8 Å². The van der Waals surface area contributed by atoms with Crippen LogP contribution in [0.2, 0.25) is 0 Å². The Kier molecular flexibility index (Phi) is 4.71. The van der Waals surface area contributed by atoms with Crippen LogP contribution < -0.4 is 5.73 Å². The molecule has 19 heavy (non-hydrogen) atoms. The van der Waals surface area contributed by atoms with Gasteiger partial charge in [0.1, 0.15) is 0 Å². The minimum absolute atomic E-state index is 0.0475. The number of halogens is 1. The first-order valence-corrected chi connectivity index (χ1v) is 7.26. The van der Waals surface area contributed by atoms with Crippen LogP contribution in [0.25, 0.3) is 0 Å². The number of aryl methyl sites for hydroxylation is 2. The number of nitrogens with zero attached hydrogens (tertiary/aromatic N) is 3. The summed E-state index contributed by atoms with van der Waals surface area (Å²) < 4.78 is 3.01. The highest BCUT2D eigenvalue weighted by molar-refractivity contribution is 9.10. The van der Waals surface area contributed by atoms with Gasteiger partial charge < -0.3 is 5.73 Å². The molecule has 0 bridgehead atoms. The monoisotopic (exact) mass is 322 g/mol. The molecule has 0 aliphatic carbocycles. The Morgan fingerprint density at radius 3 is 2.74 bits per heavy atom. The van der Waals surface area contributed by atoms with Crippen molar-refractivity contribution < 1.29 is 0 Å². The summed E-state index contributed by atoms with van der Waals surface area (Å²) in [5.41, 5.74) is 9.49. The lowest BCUT2D eigenvalue weighted by atomic mass is 10.1. The predicted molar refractivity (Wildman–Crippen MR) is 79.9 cm³/mol. The van der Waals surface area contributed by atoms with Crippen LogP contribution in [0.3, 0.4) is 0 Å². The van der Waals surface area contributed by atoms with Gasteiger partial charge in [-0.2, -0.15) is 5.10 Å². The molecule has 1 atom stereocenters. The summed E-state index contributed by atoms with van der Waals surface area (Å²) >= 11 is 3.62. The molecule has 0 aliphatic heterocycles. The standard InChI is InChI=1S/C14H19BrN4/c1-3-12-14(15)13(19(2)18-12)9-10(16)8-11-6-4-5-7-17-11/h4-7,10H,3,8-9,16H2,1-2H3. The summed E-state index contributed by atoms with van der Waals surface area (Å²) in [5, 5.41) is 4.49. The molecule has 5 heteroatoms. The van der Waals surface area contributed by atoms with Crippen molar-refractivity contribution in [3.8, 4) is 0 Å². The SMILES string of the molecule is CCc1nn(C)c(CC(N)Cc2ccccn2)c1Br. The van der Waals surface area contributed by atoms with E-state index < -0.39 is 0 Å². The summed E-state index contributed by atoms with van der Waals surface area (Å²) in [7, 11) is 1.97. The molecule has 0 amide bonds. The van der Waals surface area contributed by atoms with Crippen molar-refractivity contribution in [1.29, 1.82) is 0 Å². The van der Waals surface area contributed by atoms with Gasteiger partial charge in [-0.05, 0) is 34.5 Å². The fraction of sp³-hybridized carbons (Fsp3) is 0.429. The van der Waals surface area contributed by atoms with E-state index in [0.29, 0.717) is 0 Å². The number of hydrogen-bond acceptors (Lipinski definition) is 3. The van der Waals surface area contributed by atoms with Gasteiger partial charge in [0.05, 0.1) is 15.9 Å². The van der Waals surface area contributed by atoms with Crippen molar-refractivity contribution in [3.63, 3.8) is 0 Å². The predicted octanol–water partition coefficient (Wildman–Crippen LogP) is 2.25. The minimum atomic E-state index is 0.0475. The summed E-state index contributed by atoms with van der Waals surface area (Å²) in [6.45, 7) is 2.10. The molecule has 0 spiro atoms. The lowest BCUT2D eigenvalue weighted by molar-refractivity contribution is 0.605. The highest BCUT2D eigenvalue weighted by Gasteiger charge is 2.16. The maximum absolute atomic E-state index is 6.22. The van der Waals surface area contributed by atoms with E-state index in [1.807, 2.05) is 29.9 Å². The molecular weight excluding hydrogens is 304 g/mol. The van der Waals surface area contributed by atoms with Crippen molar-refractivity contribution in [2.45, 2.75) is 32.2 Å². The van der Waals surface area contributed by atoms with Crippen LogP contribution in [0.15, 0.2) is 28.9 Å². The lowest BCUT2D eigenvalue weighted by Crippen LogP contribution is -2.27. The fourth-order valence-corrected chi connectivity index (χ4v) is 2.93. The third kappa shape index (κ3) is 3.42. The quantitative estimate of drug-likeness (QED) is 0.918. The molecule has 2 aromatic rings. The molecule has 1 unspecified atom stereocenters. The first-order valence-electron chi connectivity index (χ1n) is 6.47. The summed E-state index contributed by atoms with van der Waals surface area (Å²) in [6, 6.07) is 5.96. The van der Waals surface area contributed by atoms with Crippen LogP contribution in [0.4, 0.5) is 0 Å². The Morgan fingerprint density at radius 1 is 1.37 bits per heavy atom. The molecule has 0 saturated heterocycles. The zero-order valence-electron chi connectivity index (χ0n) is 11.3. The number of pyridine rings is 1. The average Bonchev–Trinajstić information content (AvgIpc) is 2.67. The zero-order chi connectivity index (χ0) is 13.8. The van der Waals surface area contributed by atoms with Crippen LogP contribution in [0.1, 0.15) is 24.0 Å². The summed E-state index contributed by atoms with van der Waals surface area (Å²) in [6.07, 6.45) is 4.29. The maximum Gasteiger partial charge on any atom is 0.0766 e. The maximum atomic E-state index is 6.22. The van der Waals surface area contributed by atoms with E-state index in [2.05, 4.69) is 32.9 Å². The average molecular weight is 323 g/mol. The van der Waals surface area contributed by atoms with Crippen molar-refractivity contribution >= 4 is 15.9 Å². The number of aromatic nitrogens is 3. The van der Waals surface area contributed by atoms with Crippen LogP contribution in [0.5, 0.6) is 0 Å². The second kappa shape index (κ2) is 6.30. The van der Waals surface area contributed by atoms with E-state index >= 15 is 0 Å². The van der Waals surface area contributed by atoms with E-state index in [-0.39, 0.29) is 6.04 Å². The van der Waals surface area contributed by atoms with Gasteiger partial charge in [0.2, 0.25) is 0 Å². The molecule has 0 aliphatic rings. The second-order valence-electron chi connectivity index (χ2n) is 4.67. The van der Waals surface area contributed by atoms with Gasteiger partial charge in [0.15, 0.2) is 0 Å². The summed E-state index contributed by atoms with van der Waals surface area (Å²) in [4.78, 5) is 4.31. The molecule has 0 radical (unpaired) electrons. The molecule has 0 saturated carbocycles. The van der Waals surface area contributed by atoms with E-state index in [1.54, 1.807) is 6.20 Å². The lowest BCUT2D eigenvalue weighted by Gasteiger charge is -2.11. The fourth-order valence-electron chi connectivity index (χ4n) is 2.15. The van der Waals surface area contributed by atoms with E-state index in [1.165, 1.54) is 0 Å². The molecule has 2 N–H and O–H groups in total. The first-order chi connectivity index (χ1) is 9.11. The Hall–Kier alpha value is -1.20. The Morgan fingerprint density at radius 2 is 2.16 bits per heavy atom. The molecule has 0 fully saturated rings. The van der Waals surface area contributed by atoms with Gasteiger partial charge in [-0.15, -0.1) is 0 Å². The van der Waals surface area contributed by atoms with E-state index in [0.717, 1.165) is 40.8 Å². The van der Waals surface area contributed by atoms with Crippen LogP contribution in [0, 0.1) is 0 Å². The second-order valence-corrected chi connectivity index (χ2v) is 5.47. The van der Waals surface area contributed by atoms with Crippen LogP contribution >= 0.6 is 15.9 Å². The topological polar surface area (TPSA) is 56.7 Å². The van der Waals surface area contributed by atoms with E-state index in [4.69, 9.17) is 5.73 Å². The Balaban J connectivity index is 2.07. The molecular formula is C14H19BrN4. The van der Waals surface area contributed by atoms with Crippen LogP contribution in [-0.4, -0.2) is 20.8 Å². The zero-order valence-corrected chi connectivity index (χ0v) is 12.9. The van der Waals surface area contributed by atoms with Gasteiger partial charge in [0, 0.05) is 37.8 Å². The highest BCUT2D eigenvalue weighted by Crippen LogP contribution is 2.22. The molecule has 2 aromatic heterocycles. The molecule has 4 nitrogen and oxygen atoms in total. The smallest absolute Gasteiger partial charge is 0.0766 e. The first kappa shape index (κ1) is 14.2.